The van der Waals surface area contributed by atoms with Crippen LogP contribution in [-0.4, -0.2) is 13.2 Å². The maximum absolute atomic E-state index is 13.5. The molecule has 0 unspecified atom stereocenters. The van der Waals surface area contributed by atoms with E-state index in [1.807, 2.05) is 37.3 Å². The summed E-state index contributed by atoms with van der Waals surface area (Å²) in [5.74, 6) is 0.524. The Hall–Kier alpha value is -2.38. The summed E-state index contributed by atoms with van der Waals surface area (Å²) in [4.78, 5) is 0. The van der Waals surface area contributed by atoms with Gasteiger partial charge in [-0.05, 0) is 42.8 Å². The minimum absolute atomic E-state index is 0.305. The second-order valence-corrected chi connectivity index (χ2v) is 4.76. The molecule has 0 aliphatic rings. The van der Waals surface area contributed by atoms with Gasteiger partial charge in [0.2, 0.25) is 0 Å². The predicted octanol–water partition coefficient (Wildman–Crippen LogP) is 3.17. The summed E-state index contributed by atoms with van der Waals surface area (Å²) in [5.41, 5.74) is 2.10. The van der Waals surface area contributed by atoms with Gasteiger partial charge in [-0.3, -0.25) is 0 Å². The molecule has 0 amide bonds. The smallest absolute Gasteiger partial charge is 0.127 e. The van der Waals surface area contributed by atoms with Crippen LogP contribution < -0.4 is 10.1 Å². The fourth-order valence-electron chi connectivity index (χ4n) is 1.95. The standard InChI is InChI=1S/C17H17FN2O/c1-13-3-2-4-16(9-13)21-8-7-20-12-15-10-14(11-19)5-6-17(15)18/h2-6,9-10,20H,7-8,12H2,1H3. The molecule has 4 heteroatoms. The molecule has 2 rings (SSSR count). The van der Waals surface area contributed by atoms with Gasteiger partial charge in [0.1, 0.15) is 18.2 Å². The summed E-state index contributed by atoms with van der Waals surface area (Å²) in [6.07, 6.45) is 0. The van der Waals surface area contributed by atoms with Gasteiger partial charge < -0.3 is 10.1 Å². The normalized spacial score (nSPS) is 10.1. The van der Waals surface area contributed by atoms with Gasteiger partial charge in [0, 0.05) is 18.7 Å². The monoisotopic (exact) mass is 284 g/mol. The van der Waals surface area contributed by atoms with E-state index in [4.69, 9.17) is 10.00 Å². The molecule has 0 bridgehead atoms. The summed E-state index contributed by atoms with van der Waals surface area (Å²) >= 11 is 0. The summed E-state index contributed by atoms with van der Waals surface area (Å²) in [7, 11) is 0. The number of rotatable bonds is 6. The van der Waals surface area contributed by atoms with E-state index >= 15 is 0 Å². The highest BCUT2D eigenvalue weighted by molar-refractivity contribution is 5.33. The molecule has 0 radical (unpaired) electrons. The third kappa shape index (κ3) is 4.59. The fourth-order valence-corrected chi connectivity index (χ4v) is 1.95. The van der Waals surface area contributed by atoms with E-state index in [2.05, 4.69) is 5.32 Å². The molecule has 0 saturated carbocycles. The third-order valence-electron chi connectivity index (χ3n) is 3.03. The highest BCUT2D eigenvalue weighted by Gasteiger charge is 2.03. The summed E-state index contributed by atoms with van der Waals surface area (Å²) in [6, 6.07) is 14.2. The van der Waals surface area contributed by atoms with Gasteiger partial charge in [0.05, 0.1) is 11.6 Å². The highest BCUT2D eigenvalue weighted by atomic mass is 19.1. The average Bonchev–Trinajstić information content (AvgIpc) is 2.49. The van der Waals surface area contributed by atoms with Crippen LogP contribution >= 0.6 is 0 Å². The Morgan fingerprint density at radius 3 is 2.86 bits per heavy atom. The van der Waals surface area contributed by atoms with Crippen molar-refractivity contribution in [1.82, 2.24) is 5.32 Å². The Kier molecular flexibility index (Phi) is 5.30. The largest absolute Gasteiger partial charge is 0.492 e. The molecule has 0 heterocycles. The van der Waals surface area contributed by atoms with Crippen molar-refractivity contribution in [2.75, 3.05) is 13.2 Å². The van der Waals surface area contributed by atoms with Gasteiger partial charge in [-0.25, -0.2) is 4.39 Å². The van der Waals surface area contributed by atoms with Crippen LogP contribution in [0.15, 0.2) is 42.5 Å². The SMILES string of the molecule is Cc1cccc(OCCNCc2cc(C#N)ccc2F)c1. The molecule has 0 fully saturated rings. The lowest BCUT2D eigenvalue weighted by atomic mass is 10.1. The van der Waals surface area contributed by atoms with Gasteiger partial charge in [-0.15, -0.1) is 0 Å². The van der Waals surface area contributed by atoms with Crippen LogP contribution in [0.5, 0.6) is 5.75 Å². The number of hydrogen-bond acceptors (Lipinski definition) is 3. The number of aryl methyl sites for hydroxylation is 1. The lowest BCUT2D eigenvalue weighted by Crippen LogP contribution is -2.21. The minimum atomic E-state index is -0.305. The third-order valence-corrected chi connectivity index (χ3v) is 3.03. The Balaban J connectivity index is 1.76. The van der Waals surface area contributed by atoms with E-state index in [1.54, 1.807) is 6.07 Å². The van der Waals surface area contributed by atoms with E-state index in [0.717, 1.165) is 11.3 Å². The first-order valence-corrected chi connectivity index (χ1v) is 6.78. The highest BCUT2D eigenvalue weighted by Crippen LogP contribution is 2.12. The van der Waals surface area contributed by atoms with E-state index < -0.39 is 0 Å². The molecular formula is C17H17FN2O. The van der Waals surface area contributed by atoms with Crippen LogP contribution in [0.25, 0.3) is 0 Å². The molecule has 0 aliphatic heterocycles. The molecular weight excluding hydrogens is 267 g/mol. The van der Waals surface area contributed by atoms with Crippen LogP contribution in [0.2, 0.25) is 0 Å². The Bertz CT molecular complexity index is 649. The zero-order valence-corrected chi connectivity index (χ0v) is 11.9. The molecule has 0 spiro atoms. The second-order valence-electron chi connectivity index (χ2n) is 4.76. The minimum Gasteiger partial charge on any atom is -0.492 e. The molecule has 0 aromatic heterocycles. The molecule has 0 saturated heterocycles. The molecule has 0 aliphatic carbocycles. The van der Waals surface area contributed by atoms with Gasteiger partial charge >= 0.3 is 0 Å². The van der Waals surface area contributed by atoms with Crippen LogP contribution in [-0.2, 0) is 6.54 Å². The Morgan fingerprint density at radius 2 is 2.10 bits per heavy atom. The molecule has 3 nitrogen and oxygen atoms in total. The first-order chi connectivity index (χ1) is 10.2. The van der Waals surface area contributed by atoms with Crippen molar-refractivity contribution in [3.8, 4) is 11.8 Å². The van der Waals surface area contributed by atoms with Crippen molar-refractivity contribution in [1.29, 1.82) is 5.26 Å². The Morgan fingerprint density at radius 1 is 1.24 bits per heavy atom. The van der Waals surface area contributed by atoms with Crippen molar-refractivity contribution in [2.45, 2.75) is 13.5 Å². The van der Waals surface area contributed by atoms with E-state index in [9.17, 15) is 4.39 Å². The number of halogens is 1. The lowest BCUT2D eigenvalue weighted by Gasteiger charge is -2.09. The average molecular weight is 284 g/mol. The molecule has 21 heavy (non-hydrogen) atoms. The maximum Gasteiger partial charge on any atom is 0.127 e. The van der Waals surface area contributed by atoms with Gasteiger partial charge in [-0.2, -0.15) is 5.26 Å². The molecule has 0 atom stereocenters. The van der Waals surface area contributed by atoms with Crippen LogP contribution in [0.1, 0.15) is 16.7 Å². The molecule has 2 aromatic rings. The summed E-state index contributed by atoms with van der Waals surface area (Å²) < 4.78 is 19.1. The number of nitrogens with zero attached hydrogens (tertiary/aromatic N) is 1. The summed E-state index contributed by atoms with van der Waals surface area (Å²) in [6.45, 7) is 3.49. The lowest BCUT2D eigenvalue weighted by molar-refractivity contribution is 0.313. The Labute approximate surface area is 124 Å². The number of benzene rings is 2. The van der Waals surface area contributed by atoms with Crippen molar-refractivity contribution >= 4 is 0 Å². The molecule has 2 aromatic carbocycles. The second kappa shape index (κ2) is 7.41. The first-order valence-electron chi connectivity index (χ1n) is 6.78. The number of nitrogens with one attached hydrogen (secondary N) is 1. The fraction of sp³-hybridized carbons (Fsp3) is 0.235. The zero-order chi connectivity index (χ0) is 15.1. The van der Waals surface area contributed by atoms with Crippen molar-refractivity contribution in [3.05, 3.63) is 65.0 Å². The number of nitriles is 1. The molecule has 108 valence electrons. The van der Waals surface area contributed by atoms with Gasteiger partial charge in [-0.1, -0.05) is 12.1 Å². The number of ether oxygens (including phenoxy) is 1. The van der Waals surface area contributed by atoms with Crippen molar-refractivity contribution < 1.29 is 9.13 Å². The predicted molar refractivity (Wildman–Crippen MR) is 79.5 cm³/mol. The number of hydrogen-bond donors (Lipinski definition) is 1. The van der Waals surface area contributed by atoms with Gasteiger partial charge in [0.25, 0.3) is 0 Å². The van der Waals surface area contributed by atoms with Crippen molar-refractivity contribution in [3.63, 3.8) is 0 Å². The quantitative estimate of drug-likeness (QED) is 0.829. The zero-order valence-electron chi connectivity index (χ0n) is 11.9. The van der Waals surface area contributed by atoms with E-state index in [0.29, 0.717) is 30.8 Å². The van der Waals surface area contributed by atoms with Crippen molar-refractivity contribution in [2.24, 2.45) is 0 Å². The van der Waals surface area contributed by atoms with Crippen LogP contribution in [0.4, 0.5) is 4.39 Å². The van der Waals surface area contributed by atoms with Crippen LogP contribution in [0.3, 0.4) is 0 Å². The maximum atomic E-state index is 13.5. The van der Waals surface area contributed by atoms with Crippen LogP contribution in [0, 0.1) is 24.1 Å². The molecule has 1 N–H and O–H groups in total. The van der Waals surface area contributed by atoms with E-state index in [1.165, 1.54) is 12.1 Å². The van der Waals surface area contributed by atoms with E-state index in [-0.39, 0.29) is 5.82 Å². The van der Waals surface area contributed by atoms with Gasteiger partial charge in [0.15, 0.2) is 0 Å². The summed E-state index contributed by atoms with van der Waals surface area (Å²) in [5, 5.41) is 11.9. The first kappa shape index (κ1) is 15.0. The topological polar surface area (TPSA) is 45.0 Å².